The van der Waals surface area contributed by atoms with Crippen molar-refractivity contribution in [3.05, 3.63) is 89.5 Å². The number of carbonyl (C=O) groups excluding carboxylic acids is 1. The molecule has 1 aliphatic rings. The lowest BCUT2D eigenvalue weighted by Crippen LogP contribution is -2.28. The van der Waals surface area contributed by atoms with Gasteiger partial charge in [-0.25, -0.2) is 5.01 Å². The molecule has 1 aromatic carbocycles. The van der Waals surface area contributed by atoms with Gasteiger partial charge in [0.25, 0.3) is 5.91 Å². The molecule has 4 heterocycles. The number of furan rings is 1. The summed E-state index contributed by atoms with van der Waals surface area (Å²) in [6.07, 6.45) is 4.04. The maximum absolute atomic E-state index is 13.3. The molecule has 1 aliphatic heterocycles. The highest BCUT2D eigenvalue weighted by atomic mass is 32.2. The molecule has 0 spiro atoms. The number of thiophene rings is 1. The van der Waals surface area contributed by atoms with Crippen molar-refractivity contribution in [1.29, 1.82) is 0 Å². The molecule has 4 aromatic rings. The van der Waals surface area contributed by atoms with Crippen molar-refractivity contribution < 1.29 is 9.21 Å². The number of thioether (sulfide) groups is 1. The van der Waals surface area contributed by atoms with E-state index in [2.05, 4.69) is 21.9 Å². The molecule has 0 saturated carbocycles. The molecule has 5 rings (SSSR count). The number of amides is 1. The SMILES string of the molecule is C=CCn1c(SCC(=O)N2N=C(c3ccco3)CC2c2cccs2)nnc1-c1ccccc1. The molecule has 0 aliphatic carbocycles. The van der Waals surface area contributed by atoms with E-state index in [1.807, 2.05) is 64.5 Å². The highest BCUT2D eigenvalue weighted by Gasteiger charge is 2.34. The zero-order valence-corrected chi connectivity index (χ0v) is 19.3. The minimum absolute atomic E-state index is 0.0885. The Balaban J connectivity index is 1.36. The minimum Gasteiger partial charge on any atom is -0.463 e. The molecule has 0 fully saturated rings. The second-order valence-corrected chi connectivity index (χ2v) is 9.28. The number of hydrogen-bond donors (Lipinski definition) is 0. The molecule has 166 valence electrons. The van der Waals surface area contributed by atoms with E-state index in [0.717, 1.165) is 22.0 Å². The average molecular weight is 476 g/mol. The Kier molecular flexibility index (Phi) is 6.23. The van der Waals surface area contributed by atoms with Crippen LogP contribution in [0.25, 0.3) is 11.4 Å². The third-order valence-corrected chi connectivity index (χ3v) is 7.15. The molecule has 9 heteroatoms. The summed E-state index contributed by atoms with van der Waals surface area (Å²) in [5.74, 6) is 1.55. The van der Waals surface area contributed by atoms with Crippen LogP contribution in [0.3, 0.4) is 0 Å². The molecule has 0 N–H and O–H groups in total. The largest absolute Gasteiger partial charge is 0.463 e. The fourth-order valence-electron chi connectivity index (χ4n) is 3.72. The minimum atomic E-state index is -0.135. The number of allylic oxidation sites excluding steroid dienone is 1. The van der Waals surface area contributed by atoms with Crippen molar-refractivity contribution in [2.45, 2.75) is 24.2 Å². The summed E-state index contributed by atoms with van der Waals surface area (Å²) in [5, 5.41) is 17.6. The number of hydrazone groups is 1. The monoisotopic (exact) mass is 475 g/mol. The lowest BCUT2D eigenvalue weighted by atomic mass is 10.1. The average Bonchev–Trinajstić information content (AvgIpc) is 3.64. The number of nitrogens with zero attached hydrogens (tertiary/aromatic N) is 5. The van der Waals surface area contributed by atoms with Crippen LogP contribution >= 0.6 is 23.1 Å². The van der Waals surface area contributed by atoms with Gasteiger partial charge in [-0.15, -0.1) is 28.1 Å². The fraction of sp³-hybridized carbons (Fsp3) is 0.167. The molecular weight excluding hydrogens is 454 g/mol. The van der Waals surface area contributed by atoms with Crippen LogP contribution in [0.5, 0.6) is 0 Å². The summed E-state index contributed by atoms with van der Waals surface area (Å²) >= 11 is 2.98. The Bertz CT molecular complexity index is 1260. The van der Waals surface area contributed by atoms with Crippen molar-refractivity contribution in [1.82, 2.24) is 19.8 Å². The van der Waals surface area contributed by atoms with Gasteiger partial charge in [0.05, 0.1) is 18.1 Å². The van der Waals surface area contributed by atoms with Crippen LogP contribution < -0.4 is 0 Å². The Morgan fingerprint density at radius 1 is 1.18 bits per heavy atom. The first-order valence-electron chi connectivity index (χ1n) is 10.4. The Morgan fingerprint density at radius 3 is 2.79 bits per heavy atom. The normalized spacial score (nSPS) is 15.6. The van der Waals surface area contributed by atoms with E-state index in [0.29, 0.717) is 23.9 Å². The zero-order valence-electron chi connectivity index (χ0n) is 17.7. The van der Waals surface area contributed by atoms with Gasteiger partial charge in [-0.2, -0.15) is 5.10 Å². The molecule has 7 nitrogen and oxygen atoms in total. The fourth-order valence-corrected chi connectivity index (χ4v) is 5.33. The van der Waals surface area contributed by atoms with Crippen molar-refractivity contribution in [2.75, 3.05) is 5.75 Å². The van der Waals surface area contributed by atoms with Crippen LogP contribution in [-0.2, 0) is 11.3 Å². The first-order valence-corrected chi connectivity index (χ1v) is 12.3. The van der Waals surface area contributed by atoms with E-state index in [9.17, 15) is 4.79 Å². The van der Waals surface area contributed by atoms with Crippen LogP contribution in [0.1, 0.15) is 23.1 Å². The maximum Gasteiger partial charge on any atom is 0.253 e. The van der Waals surface area contributed by atoms with Crippen LogP contribution in [0, 0.1) is 0 Å². The second-order valence-electron chi connectivity index (χ2n) is 7.36. The molecule has 0 radical (unpaired) electrons. The summed E-state index contributed by atoms with van der Waals surface area (Å²) in [4.78, 5) is 14.4. The summed E-state index contributed by atoms with van der Waals surface area (Å²) < 4.78 is 7.50. The van der Waals surface area contributed by atoms with E-state index in [4.69, 9.17) is 4.42 Å². The van der Waals surface area contributed by atoms with Gasteiger partial charge in [0, 0.05) is 23.4 Å². The third-order valence-electron chi connectivity index (χ3n) is 5.23. The van der Waals surface area contributed by atoms with Gasteiger partial charge in [0.1, 0.15) is 11.5 Å². The van der Waals surface area contributed by atoms with Gasteiger partial charge < -0.3 is 4.42 Å². The van der Waals surface area contributed by atoms with Crippen molar-refractivity contribution in [3.8, 4) is 11.4 Å². The van der Waals surface area contributed by atoms with Gasteiger partial charge in [0.15, 0.2) is 11.0 Å². The first-order chi connectivity index (χ1) is 16.2. The van der Waals surface area contributed by atoms with Crippen LogP contribution in [0.4, 0.5) is 0 Å². The van der Waals surface area contributed by atoms with E-state index < -0.39 is 0 Å². The first kappa shape index (κ1) is 21.4. The highest BCUT2D eigenvalue weighted by Crippen LogP contribution is 2.36. The standard InChI is InChI=1S/C24H21N5O2S2/c1-2-12-28-23(17-8-4-3-5-9-17)25-26-24(28)33-16-22(30)29-19(21-11-7-14-32-21)15-18(27-29)20-10-6-13-31-20/h2-11,13-14,19H,1,12,15-16H2. The lowest BCUT2D eigenvalue weighted by Gasteiger charge is -2.20. The molecule has 0 saturated heterocycles. The Hall–Kier alpha value is -3.43. The Morgan fingerprint density at radius 2 is 2.06 bits per heavy atom. The molecular formula is C24H21N5O2S2. The summed E-state index contributed by atoms with van der Waals surface area (Å²) in [6.45, 7) is 4.41. The van der Waals surface area contributed by atoms with Gasteiger partial charge in [-0.3, -0.25) is 9.36 Å². The number of aromatic nitrogens is 3. The van der Waals surface area contributed by atoms with Crippen molar-refractivity contribution in [3.63, 3.8) is 0 Å². The molecule has 0 bridgehead atoms. The molecule has 1 unspecified atom stereocenters. The van der Waals surface area contributed by atoms with Crippen LogP contribution in [0.2, 0.25) is 0 Å². The number of rotatable bonds is 8. The van der Waals surface area contributed by atoms with Crippen molar-refractivity contribution >= 4 is 34.7 Å². The second kappa shape index (κ2) is 9.60. The van der Waals surface area contributed by atoms with Gasteiger partial charge in [0.2, 0.25) is 0 Å². The summed E-state index contributed by atoms with van der Waals surface area (Å²) in [6, 6.07) is 17.5. The maximum atomic E-state index is 13.3. The predicted octanol–water partition coefficient (Wildman–Crippen LogP) is 5.26. The number of carbonyl (C=O) groups is 1. The van der Waals surface area contributed by atoms with E-state index in [1.165, 1.54) is 11.8 Å². The third kappa shape index (κ3) is 4.42. The van der Waals surface area contributed by atoms with E-state index in [-0.39, 0.29) is 17.7 Å². The number of benzene rings is 1. The van der Waals surface area contributed by atoms with Gasteiger partial charge >= 0.3 is 0 Å². The van der Waals surface area contributed by atoms with Crippen molar-refractivity contribution in [2.24, 2.45) is 5.10 Å². The zero-order chi connectivity index (χ0) is 22.6. The quantitative estimate of drug-likeness (QED) is 0.257. The van der Waals surface area contributed by atoms with Crippen LogP contribution in [-0.4, -0.2) is 37.1 Å². The smallest absolute Gasteiger partial charge is 0.253 e. The molecule has 3 aromatic heterocycles. The molecule has 33 heavy (non-hydrogen) atoms. The molecule has 1 amide bonds. The van der Waals surface area contributed by atoms with Gasteiger partial charge in [-0.05, 0) is 23.6 Å². The summed E-state index contributed by atoms with van der Waals surface area (Å²) in [5.41, 5.74) is 1.74. The number of hydrogen-bond acceptors (Lipinski definition) is 7. The van der Waals surface area contributed by atoms with Crippen LogP contribution in [0.15, 0.2) is 93.6 Å². The Labute approximate surface area is 199 Å². The molecule has 1 atom stereocenters. The highest BCUT2D eigenvalue weighted by molar-refractivity contribution is 7.99. The van der Waals surface area contributed by atoms with E-state index in [1.54, 1.807) is 28.7 Å². The lowest BCUT2D eigenvalue weighted by molar-refractivity contribution is -0.130. The predicted molar refractivity (Wildman–Crippen MR) is 130 cm³/mol. The topological polar surface area (TPSA) is 76.5 Å². The van der Waals surface area contributed by atoms with E-state index >= 15 is 0 Å². The summed E-state index contributed by atoms with van der Waals surface area (Å²) in [7, 11) is 0. The van der Waals surface area contributed by atoms with Gasteiger partial charge in [-0.1, -0.05) is 54.2 Å².